The van der Waals surface area contributed by atoms with Crippen LogP contribution in [0, 0.1) is 19.8 Å². The number of rotatable bonds is 4. The van der Waals surface area contributed by atoms with Gasteiger partial charge in [-0.05, 0) is 57.2 Å². The van der Waals surface area contributed by atoms with Gasteiger partial charge in [0.15, 0.2) is 5.82 Å². The Morgan fingerprint density at radius 1 is 1.15 bits per heavy atom. The van der Waals surface area contributed by atoms with Gasteiger partial charge in [-0.1, -0.05) is 31.4 Å². The van der Waals surface area contributed by atoms with Gasteiger partial charge in [0.1, 0.15) is 0 Å². The van der Waals surface area contributed by atoms with Crippen LogP contribution in [0.3, 0.4) is 0 Å². The number of aromatic amines is 2. The van der Waals surface area contributed by atoms with E-state index >= 15 is 0 Å². The highest BCUT2D eigenvalue weighted by molar-refractivity contribution is 5.99. The topological polar surface area (TPSA) is 73.6 Å². The first-order chi connectivity index (χ1) is 13.0. The SMILES string of the molecule is Cc1[nH]c(-c2nc3ccccc3[nH]2)c(C)c1C(=O)NC(C)C1CCCCC1. The van der Waals surface area contributed by atoms with E-state index in [2.05, 4.69) is 27.2 Å². The van der Waals surface area contributed by atoms with Crippen molar-refractivity contribution < 1.29 is 4.79 Å². The molecule has 3 aromatic rings. The summed E-state index contributed by atoms with van der Waals surface area (Å²) < 4.78 is 0. The van der Waals surface area contributed by atoms with Gasteiger partial charge >= 0.3 is 0 Å². The van der Waals surface area contributed by atoms with Crippen molar-refractivity contribution >= 4 is 16.9 Å². The lowest BCUT2D eigenvalue weighted by atomic mass is 9.84. The summed E-state index contributed by atoms with van der Waals surface area (Å²) in [5.41, 5.74) is 5.38. The number of fused-ring (bicyclic) bond motifs is 1. The summed E-state index contributed by atoms with van der Waals surface area (Å²) >= 11 is 0. The molecule has 2 heterocycles. The molecule has 27 heavy (non-hydrogen) atoms. The molecule has 5 nitrogen and oxygen atoms in total. The first kappa shape index (κ1) is 17.8. The van der Waals surface area contributed by atoms with Crippen molar-refractivity contribution in [3.63, 3.8) is 0 Å². The first-order valence-electron chi connectivity index (χ1n) is 9.99. The molecule has 1 unspecified atom stereocenters. The van der Waals surface area contributed by atoms with Crippen LogP contribution >= 0.6 is 0 Å². The number of benzene rings is 1. The quantitative estimate of drug-likeness (QED) is 0.618. The van der Waals surface area contributed by atoms with Crippen molar-refractivity contribution in [3.8, 4) is 11.5 Å². The third-order valence-corrected chi connectivity index (χ3v) is 6.01. The minimum absolute atomic E-state index is 0.0154. The number of aryl methyl sites for hydroxylation is 1. The van der Waals surface area contributed by atoms with E-state index in [1.165, 1.54) is 32.1 Å². The maximum atomic E-state index is 13.0. The summed E-state index contributed by atoms with van der Waals surface area (Å²) in [6, 6.07) is 8.17. The first-order valence-corrected chi connectivity index (χ1v) is 9.99. The molecule has 1 fully saturated rings. The zero-order valence-corrected chi connectivity index (χ0v) is 16.4. The molecule has 0 radical (unpaired) electrons. The Morgan fingerprint density at radius 2 is 1.89 bits per heavy atom. The van der Waals surface area contributed by atoms with E-state index in [0.29, 0.717) is 5.92 Å². The standard InChI is InChI=1S/C22H28N4O/c1-13-19(22(27)24-14(2)16-9-5-4-6-10-16)15(3)23-20(13)21-25-17-11-7-8-12-18(17)26-21/h7-8,11-12,14,16,23H,4-6,9-10H2,1-3H3,(H,24,27)(H,25,26). The molecule has 3 N–H and O–H groups in total. The van der Waals surface area contributed by atoms with Crippen LogP contribution in [0.1, 0.15) is 60.6 Å². The summed E-state index contributed by atoms with van der Waals surface area (Å²) in [4.78, 5) is 24.4. The number of nitrogens with one attached hydrogen (secondary N) is 3. The summed E-state index contributed by atoms with van der Waals surface area (Å²) in [6.07, 6.45) is 6.33. The van der Waals surface area contributed by atoms with Crippen molar-refractivity contribution in [2.45, 2.75) is 58.9 Å². The van der Waals surface area contributed by atoms with Crippen molar-refractivity contribution in [3.05, 3.63) is 41.1 Å². The lowest BCUT2D eigenvalue weighted by Crippen LogP contribution is -2.39. The van der Waals surface area contributed by atoms with E-state index in [0.717, 1.165) is 39.4 Å². The molecule has 0 bridgehead atoms. The molecule has 142 valence electrons. The molecule has 2 aromatic heterocycles. The van der Waals surface area contributed by atoms with Gasteiger partial charge in [0.25, 0.3) is 5.91 Å². The molecular formula is C22H28N4O. The fourth-order valence-electron chi connectivity index (χ4n) is 4.43. The van der Waals surface area contributed by atoms with Crippen molar-refractivity contribution in [2.24, 2.45) is 5.92 Å². The van der Waals surface area contributed by atoms with Gasteiger partial charge in [-0.3, -0.25) is 4.79 Å². The van der Waals surface area contributed by atoms with Crippen molar-refractivity contribution in [2.75, 3.05) is 0 Å². The van der Waals surface area contributed by atoms with Gasteiger partial charge in [-0.2, -0.15) is 0 Å². The van der Waals surface area contributed by atoms with Crippen LogP contribution in [0.5, 0.6) is 0 Å². The summed E-state index contributed by atoms with van der Waals surface area (Å²) in [5, 5.41) is 3.25. The molecule has 5 heteroatoms. The van der Waals surface area contributed by atoms with E-state index in [-0.39, 0.29) is 11.9 Å². The van der Waals surface area contributed by atoms with Gasteiger partial charge in [0.05, 0.1) is 22.3 Å². The van der Waals surface area contributed by atoms with Crippen LogP contribution in [0.25, 0.3) is 22.6 Å². The van der Waals surface area contributed by atoms with Crippen LogP contribution < -0.4 is 5.32 Å². The summed E-state index contributed by atoms with van der Waals surface area (Å²) in [5.74, 6) is 1.38. The van der Waals surface area contributed by atoms with Gasteiger partial charge < -0.3 is 15.3 Å². The Morgan fingerprint density at radius 3 is 2.63 bits per heavy atom. The zero-order valence-electron chi connectivity index (χ0n) is 16.4. The number of hydrogen-bond donors (Lipinski definition) is 3. The normalized spacial score (nSPS) is 16.6. The van der Waals surface area contributed by atoms with Crippen LogP contribution in [0.4, 0.5) is 0 Å². The Bertz CT molecular complexity index is 929. The number of carbonyl (C=O) groups excluding carboxylic acids is 1. The molecule has 1 aromatic carbocycles. The molecule has 0 spiro atoms. The van der Waals surface area contributed by atoms with E-state index in [9.17, 15) is 4.79 Å². The monoisotopic (exact) mass is 364 g/mol. The van der Waals surface area contributed by atoms with Gasteiger partial charge in [-0.25, -0.2) is 4.98 Å². The third kappa shape index (κ3) is 3.38. The average molecular weight is 364 g/mol. The molecule has 4 rings (SSSR count). The fraction of sp³-hybridized carbons (Fsp3) is 0.455. The second-order valence-corrected chi connectivity index (χ2v) is 7.89. The van der Waals surface area contributed by atoms with Crippen LogP contribution in [0.15, 0.2) is 24.3 Å². The molecule has 1 saturated carbocycles. The summed E-state index contributed by atoms with van der Waals surface area (Å²) in [7, 11) is 0. The Balaban J connectivity index is 1.59. The van der Waals surface area contributed by atoms with E-state index < -0.39 is 0 Å². The molecule has 1 atom stereocenters. The van der Waals surface area contributed by atoms with Crippen molar-refractivity contribution in [1.82, 2.24) is 20.3 Å². The number of para-hydroxylation sites is 2. The number of hydrogen-bond acceptors (Lipinski definition) is 2. The van der Waals surface area contributed by atoms with Crippen LogP contribution in [-0.4, -0.2) is 26.9 Å². The van der Waals surface area contributed by atoms with Gasteiger partial charge in [0, 0.05) is 11.7 Å². The number of carbonyl (C=O) groups is 1. The number of amides is 1. The second kappa shape index (κ2) is 7.22. The average Bonchev–Trinajstić information content (AvgIpc) is 3.22. The highest BCUT2D eigenvalue weighted by Crippen LogP contribution is 2.29. The van der Waals surface area contributed by atoms with Crippen LogP contribution in [0.2, 0.25) is 0 Å². The number of imidazole rings is 1. The minimum Gasteiger partial charge on any atom is -0.355 e. The predicted octanol–water partition coefficient (Wildman–Crippen LogP) is 4.87. The van der Waals surface area contributed by atoms with E-state index in [1.54, 1.807) is 0 Å². The van der Waals surface area contributed by atoms with Crippen LogP contribution in [-0.2, 0) is 0 Å². The minimum atomic E-state index is 0.0154. The van der Waals surface area contributed by atoms with Crippen molar-refractivity contribution in [1.29, 1.82) is 0 Å². The maximum absolute atomic E-state index is 13.0. The Labute approximate surface area is 160 Å². The molecule has 0 aliphatic heterocycles. The second-order valence-electron chi connectivity index (χ2n) is 7.89. The zero-order chi connectivity index (χ0) is 19.0. The van der Waals surface area contributed by atoms with Gasteiger partial charge in [-0.15, -0.1) is 0 Å². The largest absolute Gasteiger partial charge is 0.355 e. The molecular weight excluding hydrogens is 336 g/mol. The highest BCUT2D eigenvalue weighted by Gasteiger charge is 2.25. The van der Waals surface area contributed by atoms with E-state index in [1.807, 2.05) is 38.1 Å². The molecule has 1 amide bonds. The fourth-order valence-corrected chi connectivity index (χ4v) is 4.43. The maximum Gasteiger partial charge on any atom is 0.253 e. The number of aromatic nitrogens is 3. The molecule has 0 saturated heterocycles. The lowest BCUT2D eigenvalue weighted by molar-refractivity contribution is 0.0918. The summed E-state index contributed by atoms with van der Waals surface area (Å²) in [6.45, 7) is 6.09. The molecule has 1 aliphatic carbocycles. The lowest BCUT2D eigenvalue weighted by Gasteiger charge is -2.28. The highest BCUT2D eigenvalue weighted by atomic mass is 16.1. The molecule has 1 aliphatic rings. The number of H-pyrrole nitrogens is 2. The predicted molar refractivity (Wildman–Crippen MR) is 109 cm³/mol. The Kier molecular flexibility index (Phi) is 4.77. The Hall–Kier alpha value is -2.56. The number of nitrogens with zero attached hydrogens (tertiary/aromatic N) is 1. The third-order valence-electron chi connectivity index (χ3n) is 6.01. The van der Waals surface area contributed by atoms with Gasteiger partial charge in [0.2, 0.25) is 0 Å². The van der Waals surface area contributed by atoms with E-state index in [4.69, 9.17) is 0 Å². The smallest absolute Gasteiger partial charge is 0.253 e.